The molecule has 0 aliphatic heterocycles. The number of halogens is 3. The molecule has 4 nitrogen and oxygen atoms in total. The largest absolute Gasteiger partial charge is 0.497 e. The number of carbonyl (C=O) groups excluding carboxylic acids is 1. The average molecular weight is 470 g/mol. The second-order valence-corrected chi connectivity index (χ2v) is 8.30. The van der Waals surface area contributed by atoms with Crippen LogP contribution < -0.4 is 9.47 Å². The highest BCUT2D eigenvalue weighted by molar-refractivity contribution is 5.91. The van der Waals surface area contributed by atoms with E-state index >= 15 is 0 Å². The minimum atomic E-state index is -0.915. The van der Waals surface area contributed by atoms with Gasteiger partial charge >= 0.3 is 5.97 Å². The number of ether oxygens (including phenoxy) is 3. The van der Waals surface area contributed by atoms with Gasteiger partial charge in [0, 0.05) is 18.7 Å². The molecule has 34 heavy (non-hydrogen) atoms. The summed E-state index contributed by atoms with van der Waals surface area (Å²) in [6.07, 6.45) is 3.32. The standard InChI is InChI=1S/C27H25F3O4/c1-32-19-9-7-17(8-10-19)22-13-12-21(25(29)26(22)30)16-3-5-18(6-4-16)27(31)34-24-14-11-20(33-2)15-23(24)28/h3-6,11-15,17,19H,7-10H2,1-2H3. The zero-order valence-corrected chi connectivity index (χ0v) is 18.9. The van der Waals surface area contributed by atoms with Crippen LogP contribution in [0.4, 0.5) is 13.2 Å². The summed E-state index contributed by atoms with van der Waals surface area (Å²) < 4.78 is 59.3. The van der Waals surface area contributed by atoms with Crippen molar-refractivity contribution in [2.75, 3.05) is 14.2 Å². The van der Waals surface area contributed by atoms with Gasteiger partial charge in [0.15, 0.2) is 23.2 Å². The number of rotatable bonds is 6. The third-order valence-corrected chi connectivity index (χ3v) is 6.33. The van der Waals surface area contributed by atoms with Gasteiger partial charge in [0.05, 0.1) is 18.8 Å². The molecule has 0 unspecified atom stereocenters. The van der Waals surface area contributed by atoms with Crippen molar-refractivity contribution in [3.63, 3.8) is 0 Å². The fourth-order valence-corrected chi connectivity index (χ4v) is 4.35. The van der Waals surface area contributed by atoms with E-state index in [0.29, 0.717) is 16.9 Å². The molecule has 1 saturated carbocycles. The molecule has 0 spiro atoms. The fourth-order valence-electron chi connectivity index (χ4n) is 4.35. The molecule has 178 valence electrons. The van der Waals surface area contributed by atoms with Crippen molar-refractivity contribution < 1.29 is 32.2 Å². The van der Waals surface area contributed by atoms with Gasteiger partial charge in [0.2, 0.25) is 0 Å². The summed E-state index contributed by atoms with van der Waals surface area (Å²) in [7, 11) is 3.07. The highest BCUT2D eigenvalue weighted by Gasteiger charge is 2.26. The van der Waals surface area contributed by atoms with Crippen molar-refractivity contribution >= 4 is 5.97 Å². The minimum Gasteiger partial charge on any atom is -0.497 e. The van der Waals surface area contributed by atoms with Gasteiger partial charge in [0.25, 0.3) is 0 Å². The number of hydrogen-bond acceptors (Lipinski definition) is 4. The van der Waals surface area contributed by atoms with Crippen molar-refractivity contribution in [3.05, 3.63) is 83.2 Å². The van der Waals surface area contributed by atoms with Crippen LogP contribution in [-0.4, -0.2) is 26.3 Å². The Kier molecular flexibility index (Phi) is 7.22. The van der Waals surface area contributed by atoms with Crippen LogP contribution in [0.5, 0.6) is 11.5 Å². The van der Waals surface area contributed by atoms with E-state index in [1.54, 1.807) is 19.2 Å². The lowest BCUT2D eigenvalue weighted by atomic mass is 9.82. The minimum absolute atomic E-state index is 0.0366. The Balaban J connectivity index is 1.49. The summed E-state index contributed by atoms with van der Waals surface area (Å²) in [5.74, 6) is -3.24. The Morgan fingerprint density at radius 3 is 2.18 bits per heavy atom. The molecule has 1 aliphatic rings. The Bertz CT molecular complexity index is 1170. The molecule has 7 heteroatoms. The van der Waals surface area contributed by atoms with E-state index in [9.17, 15) is 18.0 Å². The van der Waals surface area contributed by atoms with Crippen LogP contribution in [-0.2, 0) is 4.74 Å². The highest BCUT2D eigenvalue weighted by atomic mass is 19.2. The van der Waals surface area contributed by atoms with E-state index in [1.807, 2.05) is 0 Å². The van der Waals surface area contributed by atoms with E-state index < -0.39 is 23.4 Å². The van der Waals surface area contributed by atoms with Crippen LogP contribution in [0, 0.1) is 17.5 Å². The fraction of sp³-hybridized carbons (Fsp3) is 0.296. The maximum absolute atomic E-state index is 15.0. The monoisotopic (exact) mass is 470 g/mol. The highest BCUT2D eigenvalue weighted by Crippen LogP contribution is 2.37. The summed E-state index contributed by atoms with van der Waals surface area (Å²) in [4.78, 5) is 12.4. The molecular weight excluding hydrogens is 445 g/mol. The Hall–Kier alpha value is -3.32. The zero-order valence-electron chi connectivity index (χ0n) is 18.9. The molecule has 0 bridgehead atoms. The average Bonchev–Trinajstić information content (AvgIpc) is 2.87. The predicted octanol–water partition coefficient (Wildman–Crippen LogP) is 6.67. The van der Waals surface area contributed by atoms with E-state index in [0.717, 1.165) is 31.7 Å². The van der Waals surface area contributed by atoms with Gasteiger partial charge in [-0.05, 0) is 67.0 Å². The van der Waals surface area contributed by atoms with Gasteiger partial charge in [-0.2, -0.15) is 0 Å². The molecule has 3 aromatic rings. The van der Waals surface area contributed by atoms with Gasteiger partial charge in [-0.15, -0.1) is 0 Å². The van der Waals surface area contributed by atoms with Crippen LogP contribution >= 0.6 is 0 Å². The summed E-state index contributed by atoms with van der Waals surface area (Å²) >= 11 is 0. The van der Waals surface area contributed by atoms with Crippen LogP contribution in [0.25, 0.3) is 11.1 Å². The molecule has 0 saturated heterocycles. The molecular formula is C27H25F3O4. The molecule has 3 aromatic carbocycles. The molecule has 1 fully saturated rings. The van der Waals surface area contributed by atoms with Gasteiger partial charge in [-0.25, -0.2) is 18.0 Å². The summed E-state index contributed by atoms with van der Waals surface area (Å²) in [5, 5.41) is 0. The van der Waals surface area contributed by atoms with Crippen LogP contribution in [0.2, 0.25) is 0 Å². The van der Waals surface area contributed by atoms with Crippen molar-refractivity contribution in [1.29, 1.82) is 0 Å². The summed E-state index contributed by atoms with van der Waals surface area (Å²) in [6.45, 7) is 0. The van der Waals surface area contributed by atoms with Gasteiger partial charge in [-0.3, -0.25) is 0 Å². The van der Waals surface area contributed by atoms with Gasteiger partial charge < -0.3 is 14.2 Å². The van der Waals surface area contributed by atoms with Crippen molar-refractivity contribution in [2.24, 2.45) is 0 Å². The Morgan fingerprint density at radius 1 is 0.853 bits per heavy atom. The summed E-state index contributed by atoms with van der Waals surface area (Å²) in [5.41, 5.74) is 1.05. The second-order valence-electron chi connectivity index (χ2n) is 8.30. The first-order chi connectivity index (χ1) is 16.4. The third-order valence-electron chi connectivity index (χ3n) is 6.33. The zero-order chi connectivity index (χ0) is 24.2. The summed E-state index contributed by atoms with van der Waals surface area (Å²) in [6, 6.07) is 12.9. The lowest BCUT2D eigenvalue weighted by Gasteiger charge is -2.28. The van der Waals surface area contributed by atoms with Crippen LogP contribution in [0.3, 0.4) is 0 Å². The maximum atomic E-state index is 15.0. The molecule has 0 amide bonds. The molecule has 1 aliphatic carbocycles. The number of methoxy groups -OCH3 is 2. The molecule has 0 heterocycles. The maximum Gasteiger partial charge on any atom is 0.343 e. The van der Waals surface area contributed by atoms with Crippen LogP contribution in [0.15, 0.2) is 54.6 Å². The molecule has 0 radical (unpaired) electrons. The van der Waals surface area contributed by atoms with Crippen molar-refractivity contribution in [2.45, 2.75) is 37.7 Å². The molecule has 4 rings (SSSR count). The SMILES string of the molecule is COc1ccc(OC(=O)c2ccc(-c3ccc(C4CCC(OC)CC4)c(F)c3F)cc2)c(F)c1. The first-order valence-corrected chi connectivity index (χ1v) is 11.1. The lowest BCUT2D eigenvalue weighted by Crippen LogP contribution is -2.20. The van der Waals surface area contributed by atoms with Crippen molar-refractivity contribution in [3.8, 4) is 22.6 Å². The van der Waals surface area contributed by atoms with Gasteiger partial charge in [0.1, 0.15) is 5.75 Å². The second kappa shape index (κ2) is 10.3. The Labute approximate surface area is 196 Å². The Morgan fingerprint density at radius 2 is 1.56 bits per heavy atom. The van der Waals surface area contributed by atoms with E-state index in [4.69, 9.17) is 14.2 Å². The first-order valence-electron chi connectivity index (χ1n) is 11.1. The molecule has 0 N–H and O–H groups in total. The first kappa shape index (κ1) is 23.8. The smallest absolute Gasteiger partial charge is 0.343 e. The molecule has 0 atom stereocenters. The number of hydrogen-bond donors (Lipinski definition) is 0. The molecule has 0 aromatic heterocycles. The van der Waals surface area contributed by atoms with Crippen LogP contribution in [0.1, 0.15) is 47.5 Å². The van der Waals surface area contributed by atoms with E-state index in [-0.39, 0.29) is 28.9 Å². The van der Waals surface area contributed by atoms with Gasteiger partial charge in [-0.1, -0.05) is 24.3 Å². The number of esters is 1. The lowest BCUT2D eigenvalue weighted by molar-refractivity contribution is 0.0655. The number of benzene rings is 3. The topological polar surface area (TPSA) is 44.8 Å². The van der Waals surface area contributed by atoms with E-state index in [1.165, 1.54) is 43.5 Å². The quantitative estimate of drug-likeness (QED) is 0.298. The van der Waals surface area contributed by atoms with Crippen molar-refractivity contribution in [1.82, 2.24) is 0 Å². The number of carbonyl (C=O) groups is 1. The van der Waals surface area contributed by atoms with E-state index in [2.05, 4.69) is 0 Å². The normalized spacial score (nSPS) is 17.9. The third kappa shape index (κ3) is 4.94. The predicted molar refractivity (Wildman–Crippen MR) is 122 cm³/mol.